The van der Waals surface area contributed by atoms with Crippen LogP contribution >= 0.6 is 11.6 Å². The molecule has 3 aromatic rings. The van der Waals surface area contributed by atoms with Gasteiger partial charge in [0.15, 0.2) is 11.7 Å². The molecule has 0 unspecified atom stereocenters. The molecule has 8 nitrogen and oxygen atoms in total. The number of hydrogen-bond acceptors (Lipinski definition) is 5. The summed E-state index contributed by atoms with van der Waals surface area (Å²) in [4.78, 5) is 42.1. The van der Waals surface area contributed by atoms with Gasteiger partial charge in [0.1, 0.15) is 5.75 Å². The first-order valence-electron chi connectivity index (χ1n) is 11.1. The average Bonchev–Trinajstić information content (AvgIpc) is 3.15. The molecule has 2 amide bonds. The van der Waals surface area contributed by atoms with Gasteiger partial charge in [0.25, 0.3) is 5.91 Å². The molecule has 1 saturated heterocycles. The highest BCUT2D eigenvalue weighted by Crippen LogP contribution is 2.34. The lowest BCUT2D eigenvalue weighted by Gasteiger charge is -2.37. The number of piperidine rings is 1. The van der Waals surface area contributed by atoms with Gasteiger partial charge >= 0.3 is 5.76 Å². The number of oxazole rings is 1. The van der Waals surface area contributed by atoms with Crippen LogP contribution in [0, 0.1) is 0 Å². The van der Waals surface area contributed by atoms with E-state index in [0.29, 0.717) is 27.6 Å². The van der Waals surface area contributed by atoms with Gasteiger partial charge in [-0.2, -0.15) is 0 Å². The van der Waals surface area contributed by atoms with Crippen molar-refractivity contribution >= 4 is 40.2 Å². The molecule has 1 fully saturated rings. The molecular formula is C24H24ClN3O5. The molecule has 3 heterocycles. The molecule has 0 bridgehead atoms. The van der Waals surface area contributed by atoms with Crippen LogP contribution < -0.4 is 15.4 Å². The minimum Gasteiger partial charge on any atom is -0.476 e. The van der Waals surface area contributed by atoms with Crippen molar-refractivity contribution in [2.24, 2.45) is 0 Å². The van der Waals surface area contributed by atoms with Crippen molar-refractivity contribution in [2.75, 3.05) is 24.5 Å². The molecule has 172 valence electrons. The predicted octanol–water partition coefficient (Wildman–Crippen LogP) is 3.44. The van der Waals surface area contributed by atoms with E-state index >= 15 is 0 Å². The van der Waals surface area contributed by atoms with E-state index in [9.17, 15) is 14.4 Å². The minimum atomic E-state index is -0.749. The first-order chi connectivity index (χ1) is 16.0. The van der Waals surface area contributed by atoms with E-state index in [4.69, 9.17) is 20.8 Å². The zero-order valence-corrected chi connectivity index (χ0v) is 18.8. The smallest absolute Gasteiger partial charge is 0.419 e. The van der Waals surface area contributed by atoms with E-state index in [2.05, 4.69) is 0 Å². The Kier molecular flexibility index (Phi) is 5.85. The number of rotatable bonds is 4. The Bertz CT molecular complexity index is 1260. The van der Waals surface area contributed by atoms with Gasteiger partial charge in [-0.3, -0.25) is 14.2 Å². The van der Waals surface area contributed by atoms with E-state index in [-0.39, 0.29) is 31.3 Å². The van der Waals surface area contributed by atoms with Crippen LogP contribution in [-0.4, -0.2) is 47.0 Å². The maximum atomic E-state index is 13.3. The quantitative estimate of drug-likeness (QED) is 0.584. The monoisotopic (exact) mass is 469 g/mol. The summed E-state index contributed by atoms with van der Waals surface area (Å²) < 4.78 is 12.7. The van der Waals surface area contributed by atoms with Gasteiger partial charge in [0.2, 0.25) is 5.91 Å². The van der Waals surface area contributed by atoms with Gasteiger partial charge in [-0.25, -0.2) is 4.79 Å². The summed E-state index contributed by atoms with van der Waals surface area (Å²) in [5.41, 5.74) is 1.59. The fourth-order valence-corrected chi connectivity index (χ4v) is 4.67. The van der Waals surface area contributed by atoms with Crippen LogP contribution in [0.25, 0.3) is 11.1 Å². The highest BCUT2D eigenvalue weighted by Gasteiger charge is 2.36. The molecule has 2 aromatic carbocycles. The van der Waals surface area contributed by atoms with Crippen LogP contribution in [0.3, 0.4) is 0 Å². The summed E-state index contributed by atoms with van der Waals surface area (Å²) in [7, 11) is 0. The van der Waals surface area contributed by atoms with E-state index in [1.165, 1.54) is 4.57 Å². The molecule has 0 N–H and O–H groups in total. The van der Waals surface area contributed by atoms with Crippen molar-refractivity contribution in [3.05, 3.63) is 58.0 Å². The number of halogens is 1. The number of aromatic nitrogens is 1. The van der Waals surface area contributed by atoms with Crippen molar-refractivity contribution in [3.63, 3.8) is 0 Å². The van der Waals surface area contributed by atoms with E-state index < -0.39 is 11.9 Å². The third kappa shape index (κ3) is 4.23. The molecule has 0 aliphatic carbocycles. The average molecular weight is 470 g/mol. The Labute approximate surface area is 195 Å². The second-order valence-corrected chi connectivity index (χ2v) is 8.78. The summed E-state index contributed by atoms with van der Waals surface area (Å²) in [6.07, 6.45) is 2.40. The van der Waals surface area contributed by atoms with Crippen LogP contribution in [0.15, 0.2) is 51.7 Å². The number of carbonyl (C=O) groups excluding carboxylic acids is 2. The Balaban J connectivity index is 1.36. The number of likely N-dealkylation sites (tertiary alicyclic amines) is 1. The molecule has 33 heavy (non-hydrogen) atoms. The molecule has 1 atom stereocenters. The molecule has 1 aromatic heterocycles. The number of amides is 2. The number of hydrogen-bond donors (Lipinski definition) is 0. The van der Waals surface area contributed by atoms with Gasteiger partial charge < -0.3 is 19.0 Å². The molecule has 5 rings (SSSR count). The van der Waals surface area contributed by atoms with Crippen LogP contribution in [0.1, 0.15) is 25.7 Å². The van der Waals surface area contributed by atoms with Crippen LogP contribution in [0.4, 0.5) is 5.69 Å². The van der Waals surface area contributed by atoms with E-state index in [1.807, 2.05) is 17.0 Å². The minimum absolute atomic E-state index is 0.0656. The Morgan fingerprint density at radius 1 is 1.06 bits per heavy atom. The standard InChI is InChI=1S/C24H24ClN3O5/c25-16-8-9-18-20(14-16)33-24(31)27(18)13-10-22(29)28-15-21(23(30)26-11-4-1-5-12-26)32-19-7-3-2-6-17(19)28/h2-3,6-9,14,21H,1,4-5,10-13,15H2/t21-/m1/s1. The molecule has 9 heteroatoms. The number of fused-ring (bicyclic) bond motifs is 2. The third-order valence-electron chi connectivity index (χ3n) is 6.20. The predicted molar refractivity (Wildman–Crippen MR) is 124 cm³/mol. The number of aryl methyl sites for hydroxylation is 1. The van der Waals surface area contributed by atoms with Crippen molar-refractivity contribution < 1.29 is 18.7 Å². The first kappa shape index (κ1) is 21.6. The van der Waals surface area contributed by atoms with Crippen LogP contribution in [0.5, 0.6) is 5.75 Å². The van der Waals surface area contributed by atoms with E-state index in [0.717, 1.165) is 32.4 Å². The van der Waals surface area contributed by atoms with Gasteiger partial charge in [-0.1, -0.05) is 23.7 Å². The summed E-state index contributed by atoms with van der Waals surface area (Å²) in [5.74, 6) is -0.318. The van der Waals surface area contributed by atoms with Crippen LogP contribution in [0.2, 0.25) is 5.02 Å². The number of anilines is 1. The zero-order valence-electron chi connectivity index (χ0n) is 18.0. The summed E-state index contributed by atoms with van der Waals surface area (Å²) in [5, 5.41) is 0.466. The Hall–Kier alpha value is -3.26. The van der Waals surface area contributed by atoms with Gasteiger partial charge in [-0.15, -0.1) is 0 Å². The fourth-order valence-electron chi connectivity index (χ4n) is 4.51. The maximum absolute atomic E-state index is 13.3. The lowest BCUT2D eigenvalue weighted by molar-refractivity contribution is -0.139. The lowest BCUT2D eigenvalue weighted by Crippen LogP contribution is -2.53. The first-order valence-corrected chi connectivity index (χ1v) is 11.5. The number of carbonyl (C=O) groups is 2. The molecular weight excluding hydrogens is 446 g/mol. The van der Waals surface area contributed by atoms with Crippen LogP contribution in [-0.2, 0) is 16.1 Å². The van der Waals surface area contributed by atoms with Gasteiger partial charge in [0, 0.05) is 37.1 Å². The van der Waals surface area contributed by atoms with Crippen molar-refractivity contribution in [2.45, 2.75) is 38.3 Å². The number of benzene rings is 2. The molecule has 0 spiro atoms. The second-order valence-electron chi connectivity index (χ2n) is 8.35. The summed E-state index contributed by atoms with van der Waals surface area (Å²) in [6.45, 7) is 1.72. The number of ether oxygens (including phenoxy) is 1. The number of para-hydroxylation sites is 2. The highest BCUT2D eigenvalue weighted by atomic mass is 35.5. The number of nitrogens with zero attached hydrogens (tertiary/aromatic N) is 3. The summed E-state index contributed by atoms with van der Waals surface area (Å²) in [6, 6.07) is 12.2. The van der Waals surface area contributed by atoms with Crippen molar-refractivity contribution in [1.29, 1.82) is 0 Å². The molecule has 0 saturated carbocycles. The molecule has 2 aliphatic rings. The molecule has 0 radical (unpaired) electrons. The van der Waals surface area contributed by atoms with Gasteiger partial charge in [0.05, 0.1) is 17.7 Å². The SMILES string of the molecule is O=C([C@H]1CN(C(=O)CCn2c(=O)oc3cc(Cl)ccc32)c2ccccc2O1)N1CCCCC1. The molecule has 2 aliphatic heterocycles. The fraction of sp³-hybridized carbons (Fsp3) is 0.375. The van der Waals surface area contributed by atoms with Crippen molar-refractivity contribution in [1.82, 2.24) is 9.47 Å². The second kappa shape index (κ2) is 8.94. The largest absolute Gasteiger partial charge is 0.476 e. The highest BCUT2D eigenvalue weighted by molar-refractivity contribution is 6.31. The summed E-state index contributed by atoms with van der Waals surface area (Å²) >= 11 is 5.98. The van der Waals surface area contributed by atoms with E-state index in [1.54, 1.807) is 35.2 Å². The topological polar surface area (TPSA) is 85.0 Å². The normalized spacial score (nSPS) is 18.2. The Morgan fingerprint density at radius 3 is 2.67 bits per heavy atom. The Morgan fingerprint density at radius 2 is 1.85 bits per heavy atom. The lowest BCUT2D eigenvalue weighted by atomic mass is 10.1. The maximum Gasteiger partial charge on any atom is 0.419 e. The van der Waals surface area contributed by atoms with Gasteiger partial charge in [-0.05, 0) is 43.5 Å². The third-order valence-corrected chi connectivity index (χ3v) is 6.43. The van der Waals surface area contributed by atoms with Crippen molar-refractivity contribution in [3.8, 4) is 5.75 Å². The zero-order chi connectivity index (χ0) is 22.9.